The maximum atomic E-state index is 12.4. The molecule has 1 amide bonds. The summed E-state index contributed by atoms with van der Waals surface area (Å²) in [6.45, 7) is 2.98. The SMILES string of the molecule is O=C(COc1cccc2ccc(N3CCCC3)nc12)Nc1ccc2c(c1)OCCO2. The lowest BCUT2D eigenvalue weighted by molar-refractivity contribution is -0.118. The van der Waals surface area contributed by atoms with E-state index in [1.54, 1.807) is 18.2 Å². The third-order valence-corrected chi connectivity index (χ3v) is 5.28. The molecule has 0 radical (unpaired) electrons. The van der Waals surface area contributed by atoms with Gasteiger partial charge in [0.25, 0.3) is 5.91 Å². The number of nitrogens with one attached hydrogen (secondary N) is 1. The first-order chi connectivity index (χ1) is 14.8. The number of carbonyl (C=O) groups is 1. The van der Waals surface area contributed by atoms with Gasteiger partial charge in [-0.1, -0.05) is 12.1 Å². The summed E-state index contributed by atoms with van der Waals surface area (Å²) in [5.74, 6) is 2.63. The molecule has 2 aliphatic rings. The number of nitrogens with zero attached hydrogens (tertiary/aromatic N) is 2. The number of rotatable bonds is 5. The Balaban J connectivity index is 1.28. The van der Waals surface area contributed by atoms with Crippen LogP contribution in [0.15, 0.2) is 48.5 Å². The van der Waals surface area contributed by atoms with E-state index in [1.165, 1.54) is 12.8 Å². The Kier molecular flexibility index (Phi) is 5.01. The summed E-state index contributed by atoms with van der Waals surface area (Å²) in [5, 5.41) is 3.83. The lowest BCUT2D eigenvalue weighted by Crippen LogP contribution is -2.21. The van der Waals surface area contributed by atoms with Crippen molar-refractivity contribution < 1.29 is 19.0 Å². The fraction of sp³-hybridized carbons (Fsp3) is 0.304. The van der Waals surface area contributed by atoms with Gasteiger partial charge in [-0.3, -0.25) is 4.79 Å². The molecule has 0 atom stereocenters. The molecule has 1 saturated heterocycles. The lowest BCUT2D eigenvalue weighted by atomic mass is 10.2. The number of aromatic nitrogens is 1. The maximum Gasteiger partial charge on any atom is 0.262 e. The molecule has 1 N–H and O–H groups in total. The van der Waals surface area contributed by atoms with Gasteiger partial charge in [-0.15, -0.1) is 0 Å². The fourth-order valence-electron chi connectivity index (χ4n) is 3.81. The van der Waals surface area contributed by atoms with Crippen LogP contribution < -0.4 is 24.4 Å². The molecule has 2 aromatic carbocycles. The van der Waals surface area contributed by atoms with Crippen molar-refractivity contribution in [2.24, 2.45) is 0 Å². The number of benzene rings is 2. The summed E-state index contributed by atoms with van der Waals surface area (Å²) in [7, 11) is 0. The minimum absolute atomic E-state index is 0.108. The second-order valence-electron chi connectivity index (χ2n) is 7.39. The van der Waals surface area contributed by atoms with Gasteiger partial charge < -0.3 is 24.4 Å². The number of hydrogen-bond donors (Lipinski definition) is 1. The van der Waals surface area contributed by atoms with Crippen molar-refractivity contribution in [2.75, 3.05) is 43.1 Å². The van der Waals surface area contributed by atoms with E-state index in [1.807, 2.05) is 24.3 Å². The highest BCUT2D eigenvalue weighted by molar-refractivity contribution is 5.93. The third kappa shape index (κ3) is 3.83. The van der Waals surface area contributed by atoms with Crippen molar-refractivity contribution in [1.82, 2.24) is 4.98 Å². The number of amides is 1. The average Bonchev–Trinajstić information content (AvgIpc) is 3.32. The van der Waals surface area contributed by atoms with Gasteiger partial charge in [0.1, 0.15) is 30.3 Å². The van der Waals surface area contributed by atoms with E-state index in [-0.39, 0.29) is 12.5 Å². The van der Waals surface area contributed by atoms with Crippen LogP contribution in [0.25, 0.3) is 10.9 Å². The van der Waals surface area contributed by atoms with Crippen molar-refractivity contribution in [3.63, 3.8) is 0 Å². The Labute approximate surface area is 174 Å². The van der Waals surface area contributed by atoms with Crippen LogP contribution in [0, 0.1) is 0 Å². The Morgan fingerprint density at radius 1 is 1.03 bits per heavy atom. The van der Waals surface area contributed by atoms with Crippen LogP contribution in [0.5, 0.6) is 17.2 Å². The molecule has 154 valence electrons. The van der Waals surface area contributed by atoms with E-state index in [0.717, 1.165) is 29.8 Å². The molecule has 0 aliphatic carbocycles. The van der Waals surface area contributed by atoms with Gasteiger partial charge >= 0.3 is 0 Å². The van der Waals surface area contributed by atoms with Gasteiger partial charge in [0.2, 0.25) is 0 Å². The van der Waals surface area contributed by atoms with Crippen LogP contribution in [-0.2, 0) is 4.79 Å². The predicted octanol–water partition coefficient (Wildman–Crippen LogP) is 3.62. The molecule has 0 bridgehead atoms. The standard InChI is InChI=1S/C23H23N3O4/c27-22(24-17-7-8-18-20(14-17)29-13-12-28-18)15-30-19-5-3-4-16-6-9-21(25-23(16)19)26-10-1-2-11-26/h3-9,14H,1-2,10-13,15H2,(H,24,27). The van der Waals surface area contributed by atoms with E-state index < -0.39 is 0 Å². The van der Waals surface area contributed by atoms with E-state index in [9.17, 15) is 4.79 Å². The molecule has 5 rings (SSSR count). The van der Waals surface area contributed by atoms with Crippen LogP contribution in [0.3, 0.4) is 0 Å². The van der Waals surface area contributed by atoms with Crippen LogP contribution in [0.4, 0.5) is 11.5 Å². The van der Waals surface area contributed by atoms with Crippen molar-refractivity contribution >= 4 is 28.3 Å². The van der Waals surface area contributed by atoms with Crippen molar-refractivity contribution in [3.8, 4) is 17.2 Å². The zero-order valence-electron chi connectivity index (χ0n) is 16.6. The topological polar surface area (TPSA) is 72.9 Å². The second-order valence-corrected chi connectivity index (χ2v) is 7.39. The molecule has 2 aliphatic heterocycles. The summed E-state index contributed by atoms with van der Waals surface area (Å²) in [6, 6.07) is 15.2. The highest BCUT2D eigenvalue weighted by Crippen LogP contribution is 2.32. The highest BCUT2D eigenvalue weighted by atomic mass is 16.6. The molecule has 1 fully saturated rings. The van der Waals surface area contributed by atoms with Crippen LogP contribution >= 0.6 is 0 Å². The number of para-hydroxylation sites is 1. The number of fused-ring (bicyclic) bond motifs is 2. The van der Waals surface area contributed by atoms with Gasteiger partial charge in [0.15, 0.2) is 18.1 Å². The summed E-state index contributed by atoms with van der Waals surface area (Å²) < 4.78 is 16.9. The first-order valence-electron chi connectivity index (χ1n) is 10.2. The monoisotopic (exact) mass is 405 g/mol. The number of pyridine rings is 1. The van der Waals surface area contributed by atoms with E-state index in [4.69, 9.17) is 19.2 Å². The van der Waals surface area contributed by atoms with Gasteiger partial charge in [-0.2, -0.15) is 0 Å². The fourth-order valence-corrected chi connectivity index (χ4v) is 3.81. The van der Waals surface area contributed by atoms with E-state index in [2.05, 4.69) is 16.3 Å². The quantitative estimate of drug-likeness (QED) is 0.699. The lowest BCUT2D eigenvalue weighted by Gasteiger charge is -2.19. The van der Waals surface area contributed by atoms with Crippen molar-refractivity contribution in [1.29, 1.82) is 0 Å². The zero-order valence-corrected chi connectivity index (χ0v) is 16.6. The van der Waals surface area contributed by atoms with Gasteiger partial charge in [0.05, 0.1) is 0 Å². The molecule has 1 aromatic heterocycles. The second kappa shape index (κ2) is 8.10. The molecule has 0 unspecified atom stereocenters. The minimum Gasteiger partial charge on any atom is -0.486 e. The minimum atomic E-state index is -0.251. The first kappa shape index (κ1) is 18.5. The van der Waals surface area contributed by atoms with Crippen molar-refractivity contribution in [3.05, 3.63) is 48.5 Å². The molecule has 7 heteroatoms. The van der Waals surface area contributed by atoms with Crippen molar-refractivity contribution in [2.45, 2.75) is 12.8 Å². The Hall–Kier alpha value is -3.48. The van der Waals surface area contributed by atoms with E-state index in [0.29, 0.717) is 36.1 Å². The molecular weight excluding hydrogens is 382 g/mol. The Morgan fingerprint density at radius 2 is 1.87 bits per heavy atom. The number of ether oxygens (including phenoxy) is 3. The maximum absolute atomic E-state index is 12.4. The zero-order chi connectivity index (χ0) is 20.3. The molecule has 3 heterocycles. The molecular formula is C23H23N3O4. The predicted molar refractivity (Wildman–Crippen MR) is 115 cm³/mol. The molecule has 30 heavy (non-hydrogen) atoms. The Morgan fingerprint density at radius 3 is 2.73 bits per heavy atom. The molecule has 3 aromatic rings. The number of anilines is 2. The summed E-state index contributed by atoms with van der Waals surface area (Å²) in [5.41, 5.74) is 1.41. The summed E-state index contributed by atoms with van der Waals surface area (Å²) in [6.07, 6.45) is 2.38. The Bertz CT molecular complexity index is 1080. The van der Waals surface area contributed by atoms with Gasteiger partial charge in [0, 0.05) is 30.2 Å². The van der Waals surface area contributed by atoms with Crippen LogP contribution in [-0.4, -0.2) is 43.8 Å². The average molecular weight is 405 g/mol. The van der Waals surface area contributed by atoms with Gasteiger partial charge in [-0.05, 0) is 43.2 Å². The summed E-state index contributed by atoms with van der Waals surface area (Å²) >= 11 is 0. The number of carbonyl (C=O) groups excluding carboxylic acids is 1. The van der Waals surface area contributed by atoms with Crippen LogP contribution in [0.1, 0.15) is 12.8 Å². The normalized spacial score (nSPS) is 15.3. The third-order valence-electron chi connectivity index (χ3n) is 5.28. The highest BCUT2D eigenvalue weighted by Gasteiger charge is 2.16. The van der Waals surface area contributed by atoms with Gasteiger partial charge in [-0.25, -0.2) is 4.98 Å². The largest absolute Gasteiger partial charge is 0.486 e. The number of hydrogen-bond acceptors (Lipinski definition) is 6. The molecule has 0 saturated carbocycles. The molecule has 7 nitrogen and oxygen atoms in total. The summed E-state index contributed by atoms with van der Waals surface area (Å²) in [4.78, 5) is 19.5. The van der Waals surface area contributed by atoms with E-state index >= 15 is 0 Å². The smallest absolute Gasteiger partial charge is 0.262 e. The van der Waals surface area contributed by atoms with Crippen LogP contribution in [0.2, 0.25) is 0 Å². The first-order valence-corrected chi connectivity index (χ1v) is 10.2. The molecule has 0 spiro atoms.